The highest BCUT2D eigenvalue weighted by Crippen LogP contribution is 2.29. The smallest absolute Gasteiger partial charge is 0.177 e. The molecule has 2 nitrogen and oxygen atoms in total. The first-order valence-electron chi connectivity index (χ1n) is 4.18. The lowest BCUT2D eigenvalue weighted by atomic mass is 10.1. The van der Waals surface area contributed by atoms with Crippen molar-refractivity contribution in [2.24, 2.45) is 0 Å². The fourth-order valence-corrected chi connectivity index (χ4v) is 1.47. The molecule has 0 radical (unpaired) electrons. The molecule has 0 saturated heterocycles. The van der Waals surface area contributed by atoms with Crippen LogP contribution in [0.1, 0.15) is 5.56 Å². The minimum atomic E-state index is -0.696. The van der Waals surface area contributed by atoms with Crippen molar-refractivity contribution in [1.82, 2.24) is 5.16 Å². The highest BCUT2D eigenvalue weighted by atomic mass is 35.5. The maximum Gasteiger partial charge on any atom is 0.177 e. The van der Waals surface area contributed by atoms with Gasteiger partial charge in [-0.2, -0.15) is 0 Å². The Hall–Kier alpha value is -1.42. The summed E-state index contributed by atoms with van der Waals surface area (Å²) in [7, 11) is 0. The first kappa shape index (κ1) is 10.1. The zero-order chi connectivity index (χ0) is 10.8. The van der Waals surface area contributed by atoms with Crippen molar-refractivity contribution in [3.63, 3.8) is 0 Å². The number of nitrogens with zero attached hydrogens (tertiary/aromatic N) is 1. The van der Waals surface area contributed by atoms with E-state index < -0.39 is 11.6 Å². The molecule has 0 spiro atoms. The zero-order valence-corrected chi connectivity index (χ0v) is 8.26. The summed E-state index contributed by atoms with van der Waals surface area (Å²) in [4.78, 5) is 0. The Morgan fingerprint density at radius 3 is 2.53 bits per heavy atom. The normalized spacial score (nSPS) is 10.6. The Morgan fingerprint density at radius 2 is 1.93 bits per heavy atom. The molecule has 0 N–H and O–H groups in total. The molecule has 1 aromatic heterocycles. The van der Waals surface area contributed by atoms with Gasteiger partial charge in [0.1, 0.15) is 11.6 Å². The molecule has 0 fully saturated rings. The van der Waals surface area contributed by atoms with Gasteiger partial charge in [-0.3, -0.25) is 0 Å². The summed E-state index contributed by atoms with van der Waals surface area (Å²) in [6, 6.07) is 3.59. The van der Waals surface area contributed by atoms with Gasteiger partial charge in [0.15, 0.2) is 5.76 Å². The van der Waals surface area contributed by atoms with Gasteiger partial charge >= 0.3 is 0 Å². The summed E-state index contributed by atoms with van der Waals surface area (Å²) in [6.07, 6.45) is 1.34. The number of hydrogen-bond donors (Lipinski definition) is 0. The number of halogens is 3. The van der Waals surface area contributed by atoms with Crippen molar-refractivity contribution in [3.8, 4) is 11.3 Å². The summed E-state index contributed by atoms with van der Waals surface area (Å²) < 4.78 is 31.5. The van der Waals surface area contributed by atoms with Gasteiger partial charge in [-0.1, -0.05) is 11.2 Å². The quantitative estimate of drug-likeness (QED) is 0.738. The highest BCUT2D eigenvalue weighted by Gasteiger charge is 2.18. The van der Waals surface area contributed by atoms with E-state index >= 15 is 0 Å². The van der Waals surface area contributed by atoms with Gasteiger partial charge in [-0.25, -0.2) is 8.78 Å². The molecule has 5 heteroatoms. The van der Waals surface area contributed by atoms with Crippen molar-refractivity contribution in [2.45, 2.75) is 5.88 Å². The molecule has 0 bridgehead atoms. The maximum atomic E-state index is 13.4. The summed E-state index contributed by atoms with van der Waals surface area (Å²) in [5, 5.41) is 3.46. The van der Waals surface area contributed by atoms with Gasteiger partial charge in [0.05, 0.1) is 17.6 Å². The average molecular weight is 230 g/mol. The molecule has 0 atom stereocenters. The molecule has 0 aliphatic rings. The van der Waals surface area contributed by atoms with Crippen LogP contribution in [0.25, 0.3) is 11.3 Å². The molecule has 15 heavy (non-hydrogen) atoms. The average Bonchev–Trinajstić information content (AvgIpc) is 2.65. The predicted molar refractivity (Wildman–Crippen MR) is 51.4 cm³/mol. The molecule has 0 saturated carbocycles. The molecule has 0 aliphatic carbocycles. The van der Waals surface area contributed by atoms with Crippen molar-refractivity contribution < 1.29 is 13.3 Å². The lowest BCUT2D eigenvalue weighted by Crippen LogP contribution is -1.90. The van der Waals surface area contributed by atoms with E-state index in [1.807, 2.05) is 0 Å². The van der Waals surface area contributed by atoms with Gasteiger partial charge in [-0.05, 0) is 12.1 Å². The molecule has 0 amide bonds. The number of rotatable bonds is 2. The fourth-order valence-electron chi connectivity index (χ4n) is 1.28. The standard InChI is InChI=1S/C10H6ClF2NO/c11-4-6-5-14-15-10(6)9-7(12)2-1-3-8(9)13/h1-3,5H,4H2. The second-order valence-electron chi connectivity index (χ2n) is 2.91. The Labute approximate surface area is 89.5 Å². The van der Waals surface area contributed by atoms with Gasteiger partial charge in [0.2, 0.25) is 0 Å². The molecule has 0 aliphatic heterocycles. The lowest BCUT2D eigenvalue weighted by Gasteiger charge is -2.01. The predicted octanol–water partition coefficient (Wildman–Crippen LogP) is 3.36. The second-order valence-corrected chi connectivity index (χ2v) is 3.18. The van der Waals surface area contributed by atoms with Crippen LogP contribution in [0, 0.1) is 11.6 Å². The first-order valence-corrected chi connectivity index (χ1v) is 4.71. The molecule has 1 heterocycles. The minimum absolute atomic E-state index is 0.0422. The van der Waals surface area contributed by atoms with E-state index in [1.54, 1.807) is 0 Å². The van der Waals surface area contributed by atoms with Gasteiger partial charge in [0.25, 0.3) is 0 Å². The van der Waals surface area contributed by atoms with Crippen LogP contribution in [-0.4, -0.2) is 5.16 Å². The molecule has 1 aromatic carbocycles. The van der Waals surface area contributed by atoms with Gasteiger partial charge < -0.3 is 4.52 Å². The number of benzene rings is 1. The third kappa shape index (κ3) is 1.72. The van der Waals surface area contributed by atoms with E-state index in [4.69, 9.17) is 16.1 Å². The molecule has 78 valence electrons. The largest absolute Gasteiger partial charge is 0.356 e. The number of alkyl halides is 1. The van der Waals surface area contributed by atoms with Crippen LogP contribution < -0.4 is 0 Å². The van der Waals surface area contributed by atoms with Crippen molar-refractivity contribution >= 4 is 11.6 Å². The van der Waals surface area contributed by atoms with Crippen LogP contribution in [0.5, 0.6) is 0 Å². The van der Waals surface area contributed by atoms with E-state index in [0.717, 1.165) is 12.1 Å². The van der Waals surface area contributed by atoms with Crippen LogP contribution in [0.4, 0.5) is 8.78 Å². The Kier molecular flexibility index (Phi) is 2.68. The van der Waals surface area contributed by atoms with E-state index in [9.17, 15) is 8.78 Å². The number of hydrogen-bond acceptors (Lipinski definition) is 2. The van der Waals surface area contributed by atoms with E-state index in [2.05, 4.69) is 5.16 Å². The summed E-state index contributed by atoms with van der Waals surface area (Å²) in [5.41, 5.74) is 0.228. The van der Waals surface area contributed by atoms with Crippen molar-refractivity contribution in [1.29, 1.82) is 0 Å². The zero-order valence-electron chi connectivity index (χ0n) is 7.51. The third-order valence-electron chi connectivity index (χ3n) is 1.98. The monoisotopic (exact) mass is 229 g/mol. The summed E-state index contributed by atoms with van der Waals surface area (Å²) in [5.74, 6) is -1.26. The SMILES string of the molecule is Fc1cccc(F)c1-c1oncc1CCl. The Bertz CT molecular complexity index is 464. The number of aromatic nitrogens is 1. The Balaban J connectivity index is 2.63. The first-order chi connectivity index (χ1) is 7.24. The van der Waals surface area contributed by atoms with Crippen LogP contribution >= 0.6 is 11.6 Å². The minimum Gasteiger partial charge on any atom is -0.356 e. The van der Waals surface area contributed by atoms with Crippen LogP contribution in [-0.2, 0) is 5.88 Å². The van der Waals surface area contributed by atoms with E-state index in [-0.39, 0.29) is 17.2 Å². The Morgan fingerprint density at radius 1 is 1.27 bits per heavy atom. The molecule has 0 unspecified atom stereocenters. The van der Waals surface area contributed by atoms with Crippen LogP contribution in [0.3, 0.4) is 0 Å². The highest BCUT2D eigenvalue weighted by molar-refractivity contribution is 6.17. The van der Waals surface area contributed by atoms with E-state index in [0.29, 0.717) is 5.56 Å². The van der Waals surface area contributed by atoms with Crippen LogP contribution in [0.2, 0.25) is 0 Å². The molecular formula is C10H6ClF2NO. The van der Waals surface area contributed by atoms with Crippen molar-refractivity contribution in [2.75, 3.05) is 0 Å². The molecule has 2 rings (SSSR count). The lowest BCUT2D eigenvalue weighted by molar-refractivity contribution is 0.426. The van der Waals surface area contributed by atoms with Crippen LogP contribution in [0.15, 0.2) is 28.9 Å². The van der Waals surface area contributed by atoms with Gasteiger partial charge in [0, 0.05) is 5.56 Å². The van der Waals surface area contributed by atoms with Crippen molar-refractivity contribution in [3.05, 3.63) is 41.6 Å². The third-order valence-corrected chi connectivity index (χ3v) is 2.27. The molecular weight excluding hydrogens is 224 g/mol. The summed E-state index contributed by atoms with van der Waals surface area (Å²) >= 11 is 5.58. The van der Waals surface area contributed by atoms with E-state index in [1.165, 1.54) is 12.3 Å². The second kappa shape index (κ2) is 3.98. The maximum absolute atomic E-state index is 13.4. The molecule has 2 aromatic rings. The van der Waals surface area contributed by atoms with Gasteiger partial charge in [-0.15, -0.1) is 11.6 Å². The summed E-state index contributed by atoms with van der Waals surface area (Å²) in [6.45, 7) is 0. The topological polar surface area (TPSA) is 26.0 Å². The fraction of sp³-hybridized carbons (Fsp3) is 0.100.